The Balaban J connectivity index is 2.10. The maximum atomic E-state index is 11.4. The Morgan fingerprint density at radius 1 is 1.69 bits per heavy atom. The number of rotatable bonds is 3. The van der Waals surface area contributed by atoms with Crippen molar-refractivity contribution in [2.24, 2.45) is 0 Å². The van der Waals surface area contributed by atoms with Gasteiger partial charge in [0.1, 0.15) is 0 Å². The Morgan fingerprint density at radius 3 is 3.12 bits per heavy atom. The van der Waals surface area contributed by atoms with Crippen molar-refractivity contribution in [1.82, 2.24) is 20.8 Å². The third-order valence-electron chi connectivity index (χ3n) is 2.82. The number of hydrogen-bond donors (Lipinski definition) is 2. The van der Waals surface area contributed by atoms with Crippen molar-refractivity contribution in [3.05, 3.63) is 11.7 Å². The fourth-order valence-corrected chi connectivity index (χ4v) is 1.91. The summed E-state index contributed by atoms with van der Waals surface area (Å²) in [5.41, 5.74) is 0. The molecule has 1 aliphatic heterocycles. The number of carbonyl (C=O) groups excluding carboxylic acids is 1. The van der Waals surface area contributed by atoms with E-state index in [1.807, 2.05) is 6.92 Å². The Hall–Kier alpha value is -1.43. The first-order valence-corrected chi connectivity index (χ1v) is 5.57. The predicted molar refractivity (Wildman–Crippen MR) is 57.1 cm³/mol. The van der Waals surface area contributed by atoms with Gasteiger partial charge in [0.05, 0.1) is 5.92 Å². The Labute approximate surface area is 93.8 Å². The zero-order valence-electron chi connectivity index (χ0n) is 9.49. The standard InChI is InChI=1S/C10H16N4O2/c1-3-11-9(15)8-13-10(16-14-8)7-4-5-12-6(7)2/h6-7,12H,3-5H2,1-2H3,(H,11,15). The van der Waals surface area contributed by atoms with Crippen LogP contribution >= 0.6 is 0 Å². The van der Waals surface area contributed by atoms with Gasteiger partial charge in [-0.1, -0.05) is 5.16 Å². The molecule has 0 saturated carbocycles. The lowest BCUT2D eigenvalue weighted by molar-refractivity contribution is 0.0942. The van der Waals surface area contributed by atoms with Crippen molar-refractivity contribution in [3.8, 4) is 0 Å². The minimum Gasteiger partial charge on any atom is -0.349 e. The fourth-order valence-electron chi connectivity index (χ4n) is 1.91. The first-order valence-electron chi connectivity index (χ1n) is 5.57. The molecule has 6 heteroatoms. The van der Waals surface area contributed by atoms with Crippen LogP contribution < -0.4 is 10.6 Å². The molecule has 2 N–H and O–H groups in total. The van der Waals surface area contributed by atoms with E-state index in [-0.39, 0.29) is 17.6 Å². The van der Waals surface area contributed by atoms with Gasteiger partial charge in [-0.05, 0) is 26.8 Å². The molecule has 0 aromatic carbocycles. The van der Waals surface area contributed by atoms with Gasteiger partial charge in [0.15, 0.2) is 0 Å². The maximum absolute atomic E-state index is 11.4. The number of nitrogens with one attached hydrogen (secondary N) is 2. The second-order valence-corrected chi connectivity index (χ2v) is 3.95. The third kappa shape index (κ3) is 2.06. The summed E-state index contributed by atoms with van der Waals surface area (Å²) in [4.78, 5) is 15.6. The average Bonchev–Trinajstić information content (AvgIpc) is 2.86. The molecule has 6 nitrogen and oxygen atoms in total. The summed E-state index contributed by atoms with van der Waals surface area (Å²) < 4.78 is 5.12. The van der Waals surface area contributed by atoms with E-state index in [1.165, 1.54) is 0 Å². The van der Waals surface area contributed by atoms with Gasteiger partial charge in [0.2, 0.25) is 5.89 Å². The SMILES string of the molecule is CCNC(=O)c1noc(C2CCNC2C)n1. The summed E-state index contributed by atoms with van der Waals surface area (Å²) in [5.74, 6) is 0.612. The zero-order valence-corrected chi connectivity index (χ0v) is 9.49. The molecule has 1 aliphatic rings. The Bertz CT molecular complexity index is 377. The molecule has 2 atom stereocenters. The van der Waals surface area contributed by atoms with E-state index >= 15 is 0 Å². The molecule has 1 aromatic heterocycles. The van der Waals surface area contributed by atoms with Crippen LogP contribution in [0.1, 0.15) is 42.7 Å². The van der Waals surface area contributed by atoms with Crippen LogP contribution in [0.25, 0.3) is 0 Å². The number of aromatic nitrogens is 2. The molecule has 0 radical (unpaired) electrons. The molecule has 0 spiro atoms. The highest BCUT2D eigenvalue weighted by Gasteiger charge is 2.30. The van der Waals surface area contributed by atoms with Gasteiger partial charge in [-0.15, -0.1) is 0 Å². The summed E-state index contributed by atoms with van der Waals surface area (Å²) in [5, 5.41) is 9.63. The van der Waals surface area contributed by atoms with E-state index in [4.69, 9.17) is 4.52 Å². The first kappa shape index (κ1) is 11.1. The smallest absolute Gasteiger partial charge is 0.292 e. The second kappa shape index (κ2) is 4.61. The van der Waals surface area contributed by atoms with Gasteiger partial charge in [-0.2, -0.15) is 4.98 Å². The number of nitrogens with zero attached hydrogens (tertiary/aromatic N) is 2. The van der Waals surface area contributed by atoms with Crippen molar-refractivity contribution >= 4 is 5.91 Å². The summed E-state index contributed by atoms with van der Waals surface area (Å²) in [6.07, 6.45) is 0.970. The lowest BCUT2D eigenvalue weighted by atomic mass is 10.0. The molecule has 2 unspecified atom stereocenters. The highest BCUT2D eigenvalue weighted by molar-refractivity contribution is 5.90. The van der Waals surface area contributed by atoms with Crippen LogP contribution in [0.5, 0.6) is 0 Å². The van der Waals surface area contributed by atoms with E-state index in [1.54, 1.807) is 0 Å². The lowest BCUT2D eigenvalue weighted by Gasteiger charge is -2.08. The van der Waals surface area contributed by atoms with E-state index in [0.29, 0.717) is 18.5 Å². The first-order chi connectivity index (χ1) is 7.72. The van der Waals surface area contributed by atoms with Crippen LogP contribution in [0.3, 0.4) is 0 Å². The fraction of sp³-hybridized carbons (Fsp3) is 0.700. The number of hydrogen-bond acceptors (Lipinski definition) is 5. The van der Waals surface area contributed by atoms with Gasteiger partial charge in [0, 0.05) is 12.6 Å². The van der Waals surface area contributed by atoms with Gasteiger partial charge < -0.3 is 15.2 Å². The van der Waals surface area contributed by atoms with E-state index in [9.17, 15) is 4.79 Å². The van der Waals surface area contributed by atoms with Crippen LogP contribution in [-0.4, -0.2) is 35.2 Å². The molecule has 1 aromatic rings. The minimum atomic E-state index is -0.281. The van der Waals surface area contributed by atoms with E-state index < -0.39 is 0 Å². The van der Waals surface area contributed by atoms with Crippen LogP contribution in [0, 0.1) is 0 Å². The van der Waals surface area contributed by atoms with Crippen molar-refractivity contribution in [2.45, 2.75) is 32.2 Å². The monoisotopic (exact) mass is 224 g/mol. The molecule has 16 heavy (non-hydrogen) atoms. The van der Waals surface area contributed by atoms with Crippen LogP contribution in [0.4, 0.5) is 0 Å². The number of amides is 1. The maximum Gasteiger partial charge on any atom is 0.292 e. The summed E-state index contributed by atoms with van der Waals surface area (Å²) in [6, 6.07) is 0.322. The van der Waals surface area contributed by atoms with Crippen LogP contribution in [-0.2, 0) is 0 Å². The molecule has 2 rings (SSSR count). The molecular weight excluding hydrogens is 208 g/mol. The number of carbonyl (C=O) groups is 1. The quantitative estimate of drug-likeness (QED) is 0.771. The predicted octanol–water partition coefficient (Wildman–Crippen LogP) is 0.285. The third-order valence-corrected chi connectivity index (χ3v) is 2.82. The molecule has 88 valence electrons. The Kier molecular flexibility index (Phi) is 3.19. The van der Waals surface area contributed by atoms with E-state index in [2.05, 4.69) is 27.7 Å². The van der Waals surface area contributed by atoms with Crippen molar-refractivity contribution in [1.29, 1.82) is 0 Å². The minimum absolute atomic E-state index is 0.121. The topological polar surface area (TPSA) is 80.0 Å². The van der Waals surface area contributed by atoms with Crippen molar-refractivity contribution in [3.63, 3.8) is 0 Å². The highest BCUT2D eigenvalue weighted by atomic mass is 16.5. The zero-order chi connectivity index (χ0) is 11.5. The molecule has 1 saturated heterocycles. The molecule has 1 amide bonds. The second-order valence-electron chi connectivity index (χ2n) is 3.95. The van der Waals surface area contributed by atoms with Crippen LogP contribution in [0.15, 0.2) is 4.52 Å². The molecule has 1 fully saturated rings. The molecular formula is C10H16N4O2. The molecule has 2 heterocycles. The largest absolute Gasteiger partial charge is 0.349 e. The average molecular weight is 224 g/mol. The molecule has 0 aliphatic carbocycles. The summed E-state index contributed by atoms with van der Waals surface area (Å²) in [6.45, 7) is 5.43. The van der Waals surface area contributed by atoms with Gasteiger partial charge in [-0.3, -0.25) is 4.79 Å². The normalized spacial score (nSPS) is 24.6. The van der Waals surface area contributed by atoms with E-state index in [0.717, 1.165) is 13.0 Å². The van der Waals surface area contributed by atoms with Gasteiger partial charge in [0.25, 0.3) is 11.7 Å². The van der Waals surface area contributed by atoms with Gasteiger partial charge >= 0.3 is 0 Å². The summed E-state index contributed by atoms with van der Waals surface area (Å²) >= 11 is 0. The van der Waals surface area contributed by atoms with Crippen molar-refractivity contribution < 1.29 is 9.32 Å². The highest BCUT2D eigenvalue weighted by Crippen LogP contribution is 2.25. The Morgan fingerprint density at radius 2 is 2.50 bits per heavy atom. The van der Waals surface area contributed by atoms with Crippen LogP contribution in [0.2, 0.25) is 0 Å². The lowest BCUT2D eigenvalue weighted by Crippen LogP contribution is -2.24. The molecule has 0 bridgehead atoms. The summed E-state index contributed by atoms with van der Waals surface area (Å²) in [7, 11) is 0. The van der Waals surface area contributed by atoms with Crippen molar-refractivity contribution in [2.75, 3.05) is 13.1 Å². The van der Waals surface area contributed by atoms with Gasteiger partial charge in [-0.25, -0.2) is 0 Å².